The van der Waals surface area contributed by atoms with Gasteiger partial charge in [-0.3, -0.25) is 19.7 Å². The summed E-state index contributed by atoms with van der Waals surface area (Å²) in [6.45, 7) is 0. The average Bonchev–Trinajstić information content (AvgIpc) is 2.30. The summed E-state index contributed by atoms with van der Waals surface area (Å²) < 4.78 is 0. The fraction of sp³-hybridized carbons (Fsp3) is 0. The van der Waals surface area contributed by atoms with Gasteiger partial charge < -0.3 is 10.8 Å². The molecule has 2 amide bonds. The van der Waals surface area contributed by atoms with Gasteiger partial charge in [-0.1, -0.05) is 0 Å². The maximum Gasteiger partial charge on any atom is 0.329 e. The normalized spacial score (nSPS) is 10.2. The van der Waals surface area contributed by atoms with Gasteiger partial charge in [0.05, 0.1) is 11.1 Å². The van der Waals surface area contributed by atoms with Gasteiger partial charge in [-0.2, -0.15) is 5.10 Å². The molecule has 0 radical (unpaired) electrons. The number of primary amides is 1. The van der Waals surface area contributed by atoms with Crippen LogP contribution in [0.15, 0.2) is 23.3 Å². The van der Waals surface area contributed by atoms with Crippen LogP contribution >= 0.6 is 0 Å². The molecule has 4 N–H and O–H groups in total. The molecule has 0 heterocycles. The van der Waals surface area contributed by atoms with Crippen LogP contribution in [0.2, 0.25) is 0 Å². The van der Waals surface area contributed by atoms with E-state index < -0.39 is 16.7 Å². The summed E-state index contributed by atoms with van der Waals surface area (Å²) in [6.07, 6.45) is 0.948. The van der Waals surface area contributed by atoms with E-state index in [-0.39, 0.29) is 17.0 Å². The Kier molecular flexibility index (Phi) is 3.92. The fourth-order valence-corrected chi connectivity index (χ4v) is 0.974. The largest absolute Gasteiger partial charge is 0.507 e. The number of nitro benzene ring substituents is 1. The molecule has 0 atom stereocenters. The smallest absolute Gasteiger partial charge is 0.329 e. The number of nitrogens with two attached hydrogens (primary N) is 1. The van der Waals surface area contributed by atoms with E-state index in [0.29, 0.717) is 0 Å². The second-order valence-corrected chi connectivity index (χ2v) is 3.06. The zero-order valence-corrected chi connectivity index (χ0v) is 8.86. The summed E-state index contributed by atoms with van der Waals surface area (Å²) in [5.74, 6) is -2.63. The molecule has 1 aromatic carbocycles. The highest BCUT2D eigenvalue weighted by Gasteiger charge is 2.09. The minimum absolute atomic E-state index is 0.00831. The number of nitro groups is 1. The number of phenols is 1. The third-order valence-electron chi connectivity index (χ3n) is 1.82. The van der Waals surface area contributed by atoms with Crippen molar-refractivity contribution >= 4 is 23.7 Å². The first-order valence-corrected chi connectivity index (χ1v) is 4.52. The summed E-state index contributed by atoms with van der Waals surface area (Å²) in [5, 5.41) is 23.2. The average molecular weight is 252 g/mol. The van der Waals surface area contributed by atoms with Crippen LogP contribution < -0.4 is 11.2 Å². The van der Waals surface area contributed by atoms with Gasteiger partial charge in [-0.25, -0.2) is 5.43 Å². The Balaban J connectivity index is 2.87. The lowest BCUT2D eigenvalue weighted by molar-refractivity contribution is -0.384. The lowest BCUT2D eigenvalue weighted by Crippen LogP contribution is -2.32. The molecule has 0 aliphatic heterocycles. The van der Waals surface area contributed by atoms with Crippen molar-refractivity contribution in [3.05, 3.63) is 33.9 Å². The van der Waals surface area contributed by atoms with Crippen molar-refractivity contribution in [3.63, 3.8) is 0 Å². The van der Waals surface area contributed by atoms with E-state index in [2.05, 4.69) is 10.8 Å². The van der Waals surface area contributed by atoms with Gasteiger partial charge in [0.15, 0.2) is 0 Å². The number of benzene rings is 1. The van der Waals surface area contributed by atoms with Gasteiger partial charge in [-0.15, -0.1) is 0 Å². The lowest BCUT2D eigenvalue weighted by atomic mass is 10.2. The number of carbonyl (C=O) groups excluding carboxylic acids is 2. The van der Waals surface area contributed by atoms with Crippen LogP contribution in [0, 0.1) is 10.1 Å². The molecule has 1 rings (SSSR count). The second kappa shape index (κ2) is 5.39. The summed E-state index contributed by atoms with van der Waals surface area (Å²) in [5.41, 5.74) is 6.18. The minimum atomic E-state index is -1.23. The number of nitrogens with zero attached hydrogens (tertiary/aromatic N) is 2. The zero-order chi connectivity index (χ0) is 13.7. The van der Waals surface area contributed by atoms with Gasteiger partial charge >= 0.3 is 11.8 Å². The molecule has 1 aromatic rings. The quantitative estimate of drug-likeness (QED) is 0.279. The van der Waals surface area contributed by atoms with Gasteiger partial charge in [0.2, 0.25) is 0 Å². The zero-order valence-electron chi connectivity index (χ0n) is 8.86. The Morgan fingerprint density at radius 1 is 1.50 bits per heavy atom. The Bertz CT molecular complexity index is 540. The first kappa shape index (κ1) is 13.1. The number of amides is 2. The molecule has 9 nitrogen and oxygen atoms in total. The second-order valence-electron chi connectivity index (χ2n) is 3.06. The monoisotopic (exact) mass is 252 g/mol. The molecule has 0 bridgehead atoms. The van der Waals surface area contributed by atoms with E-state index in [1.54, 1.807) is 5.43 Å². The van der Waals surface area contributed by atoms with Crippen molar-refractivity contribution in [2.45, 2.75) is 0 Å². The summed E-state index contributed by atoms with van der Waals surface area (Å²) in [7, 11) is 0. The van der Waals surface area contributed by atoms with E-state index >= 15 is 0 Å². The number of aromatic hydroxyl groups is 1. The van der Waals surface area contributed by atoms with Gasteiger partial charge in [0.25, 0.3) is 5.69 Å². The van der Waals surface area contributed by atoms with E-state index in [0.717, 1.165) is 24.4 Å². The van der Waals surface area contributed by atoms with E-state index in [9.17, 15) is 24.8 Å². The van der Waals surface area contributed by atoms with Crippen molar-refractivity contribution in [1.29, 1.82) is 0 Å². The van der Waals surface area contributed by atoms with Gasteiger partial charge in [0, 0.05) is 17.7 Å². The van der Waals surface area contributed by atoms with Crippen LogP contribution in [0.3, 0.4) is 0 Å². The first-order valence-electron chi connectivity index (χ1n) is 4.52. The number of rotatable bonds is 3. The molecule has 18 heavy (non-hydrogen) atoms. The standard InChI is InChI=1S/C9H8N4O5/c10-8(15)9(16)12-11-4-5-3-6(13(17)18)1-2-7(5)14/h1-4,14H,(H2,10,15)(H,12,16). The number of carbonyl (C=O) groups is 2. The van der Waals surface area contributed by atoms with Crippen molar-refractivity contribution in [2.24, 2.45) is 10.8 Å². The van der Waals surface area contributed by atoms with Crippen LogP contribution in [0.5, 0.6) is 5.75 Å². The molecule has 0 fully saturated rings. The highest BCUT2D eigenvalue weighted by atomic mass is 16.6. The number of hydrogen-bond donors (Lipinski definition) is 3. The Morgan fingerprint density at radius 2 is 2.17 bits per heavy atom. The van der Waals surface area contributed by atoms with Gasteiger partial charge in [0.1, 0.15) is 5.75 Å². The molecular weight excluding hydrogens is 244 g/mol. The number of nitrogens with one attached hydrogen (secondary N) is 1. The Hall–Kier alpha value is -2.97. The Morgan fingerprint density at radius 3 is 2.72 bits per heavy atom. The molecule has 0 aromatic heterocycles. The fourth-order valence-electron chi connectivity index (χ4n) is 0.974. The molecule has 0 aliphatic carbocycles. The van der Waals surface area contributed by atoms with Crippen LogP contribution in [0.4, 0.5) is 5.69 Å². The topological polar surface area (TPSA) is 148 Å². The van der Waals surface area contributed by atoms with E-state index in [1.165, 1.54) is 0 Å². The highest BCUT2D eigenvalue weighted by Crippen LogP contribution is 2.20. The molecule has 0 aliphatic rings. The number of non-ortho nitro benzene ring substituents is 1. The minimum Gasteiger partial charge on any atom is -0.507 e. The van der Waals surface area contributed by atoms with E-state index in [4.69, 9.17) is 0 Å². The molecular formula is C9H8N4O5. The van der Waals surface area contributed by atoms with Crippen LogP contribution in [-0.2, 0) is 9.59 Å². The highest BCUT2D eigenvalue weighted by molar-refractivity contribution is 6.34. The van der Waals surface area contributed by atoms with Crippen LogP contribution in [0.1, 0.15) is 5.56 Å². The molecule has 0 spiro atoms. The number of hydrogen-bond acceptors (Lipinski definition) is 6. The van der Waals surface area contributed by atoms with E-state index in [1.807, 2.05) is 0 Å². The predicted octanol–water partition coefficient (Wildman–Crippen LogP) is -0.764. The van der Waals surface area contributed by atoms with Crippen molar-refractivity contribution < 1.29 is 19.6 Å². The molecule has 0 saturated heterocycles. The van der Waals surface area contributed by atoms with Crippen molar-refractivity contribution in [2.75, 3.05) is 0 Å². The third-order valence-corrected chi connectivity index (χ3v) is 1.82. The summed E-state index contributed by atoms with van der Waals surface area (Å²) in [6, 6.07) is 3.26. The maximum absolute atomic E-state index is 10.7. The third kappa shape index (κ3) is 3.27. The predicted molar refractivity (Wildman–Crippen MR) is 59.7 cm³/mol. The lowest BCUT2D eigenvalue weighted by Gasteiger charge is -1.98. The Labute approximate surface area is 100 Å². The van der Waals surface area contributed by atoms with Crippen molar-refractivity contribution in [1.82, 2.24) is 5.43 Å². The molecule has 0 saturated carbocycles. The van der Waals surface area contributed by atoms with Crippen molar-refractivity contribution in [3.8, 4) is 5.75 Å². The summed E-state index contributed by atoms with van der Waals surface area (Å²) in [4.78, 5) is 30.9. The van der Waals surface area contributed by atoms with Gasteiger partial charge in [-0.05, 0) is 6.07 Å². The molecule has 9 heteroatoms. The van der Waals surface area contributed by atoms with Crippen LogP contribution in [0.25, 0.3) is 0 Å². The number of hydrazone groups is 1. The SMILES string of the molecule is NC(=O)C(=O)NN=Cc1cc([N+](=O)[O-])ccc1O. The molecule has 94 valence electrons. The van der Waals surface area contributed by atoms with Crippen LogP contribution in [-0.4, -0.2) is 28.1 Å². The maximum atomic E-state index is 10.7. The summed E-state index contributed by atoms with van der Waals surface area (Å²) >= 11 is 0. The molecule has 0 unspecified atom stereocenters. The number of phenolic OH excluding ortho intramolecular Hbond substituents is 1. The first-order chi connectivity index (χ1) is 8.41.